The predicted octanol–water partition coefficient (Wildman–Crippen LogP) is 2.89. The van der Waals surface area contributed by atoms with Crippen molar-refractivity contribution in [3.8, 4) is 0 Å². The maximum atomic E-state index is 4.56. The molecule has 0 fully saturated rings. The van der Waals surface area contributed by atoms with E-state index in [0.29, 0.717) is 5.92 Å². The molecule has 0 bridgehead atoms. The van der Waals surface area contributed by atoms with E-state index in [9.17, 15) is 0 Å². The summed E-state index contributed by atoms with van der Waals surface area (Å²) in [5, 5.41) is 3.15. The SMILES string of the molecule is CNCCN(C)c1ccc([C@@H](C)C(C)(C)C)cn1. The van der Waals surface area contributed by atoms with Crippen molar-refractivity contribution < 1.29 is 0 Å². The van der Waals surface area contributed by atoms with Crippen LogP contribution in [-0.2, 0) is 0 Å². The van der Waals surface area contributed by atoms with Gasteiger partial charge in [0.05, 0.1) is 0 Å². The summed E-state index contributed by atoms with van der Waals surface area (Å²) in [5.41, 5.74) is 1.59. The monoisotopic (exact) mass is 249 g/mol. The Hall–Kier alpha value is -1.09. The molecule has 1 rings (SSSR count). The van der Waals surface area contributed by atoms with Crippen LogP contribution < -0.4 is 10.2 Å². The lowest BCUT2D eigenvalue weighted by molar-refractivity contribution is 0.339. The van der Waals surface area contributed by atoms with Crippen LogP contribution in [0.3, 0.4) is 0 Å². The van der Waals surface area contributed by atoms with E-state index in [1.807, 2.05) is 13.2 Å². The van der Waals surface area contributed by atoms with Crippen LogP contribution in [0.5, 0.6) is 0 Å². The largest absolute Gasteiger partial charge is 0.358 e. The Morgan fingerprint density at radius 1 is 1.33 bits per heavy atom. The number of pyridine rings is 1. The Labute approximate surface area is 112 Å². The predicted molar refractivity (Wildman–Crippen MR) is 79.3 cm³/mol. The molecule has 0 unspecified atom stereocenters. The van der Waals surface area contributed by atoms with Crippen LogP contribution in [0.15, 0.2) is 18.3 Å². The molecule has 0 radical (unpaired) electrons. The lowest BCUT2D eigenvalue weighted by Crippen LogP contribution is -2.27. The molecule has 0 aliphatic heterocycles. The van der Waals surface area contributed by atoms with Crippen molar-refractivity contribution in [2.75, 3.05) is 32.1 Å². The van der Waals surface area contributed by atoms with Gasteiger partial charge in [-0.25, -0.2) is 4.98 Å². The molecule has 1 atom stereocenters. The highest BCUT2D eigenvalue weighted by molar-refractivity contribution is 5.39. The number of likely N-dealkylation sites (N-methyl/N-ethyl adjacent to an activating group) is 2. The Balaban J connectivity index is 2.74. The molecule has 0 aromatic carbocycles. The number of anilines is 1. The fourth-order valence-corrected chi connectivity index (χ4v) is 1.77. The summed E-state index contributed by atoms with van der Waals surface area (Å²) in [4.78, 5) is 6.73. The van der Waals surface area contributed by atoms with Crippen molar-refractivity contribution in [3.63, 3.8) is 0 Å². The normalized spacial score (nSPS) is 13.4. The molecule has 102 valence electrons. The van der Waals surface area contributed by atoms with E-state index >= 15 is 0 Å². The highest BCUT2D eigenvalue weighted by Gasteiger charge is 2.21. The zero-order valence-corrected chi connectivity index (χ0v) is 12.6. The molecular weight excluding hydrogens is 222 g/mol. The fourth-order valence-electron chi connectivity index (χ4n) is 1.77. The number of aromatic nitrogens is 1. The molecule has 3 heteroatoms. The summed E-state index contributed by atoms with van der Waals surface area (Å²) >= 11 is 0. The van der Waals surface area contributed by atoms with Gasteiger partial charge in [-0.1, -0.05) is 33.8 Å². The van der Waals surface area contributed by atoms with Crippen LogP contribution in [0.4, 0.5) is 5.82 Å². The molecule has 18 heavy (non-hydrogen) atoms. The quantitative estimate of drug-likeness (QED) is 0.869. The Morgan fingerprint density at radius 2 is 2.00 bits per heavy atom. The maximum absolute atomic E-state index is 4.56. The van der Waals surface area contributed by atoms with Crippen LogP contribution in [0.2, 0.25) is 0 Å². The van der Waals surface area contributed by atoms with Crippen molar-refractivity contribution in [2.24, 2.45) is 5.41 Å². The Morgan fingerprint density at radius 3 is 2.44 bits per heavy atom. The van der Waals surface area contributed by atoms with Crippen LogP contribution in [0, 0.1) is 5.41 Å². The zero-order chi connectivity index (χ0) is 13.8. The molecule has 0 aliphatic carbocycles. The molecule has 3 nitrogen and oxygen atoms in total. The van der Waals surface area contributed by atoms with E-state index in [2.05, 4.69) is 62.1 Å². The zero-order valence-electron chi connectivity index (χ0n) is 12.6. The molecule has 0 aliphatic rings. The summed E-state index contributed by atoms with van der Waals surface area (Å²) in [6.45, 7) is 11.0. The first-order valence-corrected chi connectivity index (χ1v) is 6.68. The smallest absolute Gasteiger partial charge is 0.128 e. The summed E-state index contributed by atoms with van der Waals surface area (Å²) in [7, 11) is 4.04. The van der Waals surface area contributed by atoms with Gasteiger partial charge < -0.3 is 10.2 Å². The highest BCUT2D eigenvalue weighted by Crippen LogP contribution is 2.34. The number of hydrogen-bond donors (Lipinski definition) is 1. The van der Waals surface area contributed by atoms with Gasteiger partial charge in [0.1, 0.15) is 5.82 Å². The summed E-state index contributed by atoms with van der Waals surface area (Å²) in [6.07, 6.45) is 2.02. The van der Waals surface area contributed by atoms with E-state index in [-0.39, 0.29) is 5.41 Å². The van der Waals surface area contributed by atoms with Crippen molar-refractivity contribution >= 4 is 5.82 Å². The summed E-state index contributed by atoms with van der Waals surface area (Å²) in [6, 6.07) is 4.32. The average molecular weight is 249 g/mol. The molecule has 0 saturated heterocycles. The van der Waals surface area contributed by atoms with Gasteiger partial charge in [0.15, 0.2) is 0 Å². The van der Waals surface area contributed by atoms with E-state index in [4.69, 9.17) is 0 Å². The first-order valence-electron chi connectivity index (χ1n) is 6.68. The molecule has 1 heterocycles. The molecule has 0 saturated carbocycles. The Bertz CT molecular complexity index is 351. The standard InChI is InChI=1S/C15H27N3/c1-12(15(2,3)4)13-7-8-14(17-11-13)18(6)10-9-16-5/h7-8,11-12,16H,9-10H2,1-6H3/t12-/m1/s1. The summed E-state index contributed by atoms with van der Waals surface area (Å²) in [5.74, 6) is 1.55. The van der Waals surface area contributed by atoms with Crippen molar-refractivity contribution in [1.82, 2.24) is 10.3 Å². The molecule has 1 aromatic rings. The molecule has 1 N–H and O–H groups in total. The maximum Gasteiger partial charge on any atom is 0.128 e. The van der Waals surface area contributed by atoms with Crippen LogP contribution in [0.1, 0.15) is 39.2 Å². The number of rotatable bonds is 5. The third-order valence-electron chi connectivity index (χ3n) is 3.66. The molecular formula is C15H27N3. The minimum Gasteiger partial charge on any atom is -0.358 e. The second-order valence-electron chi connectivity index (χ2n) is 6.06. The van der Waals surface area contributed by atoms with Gasteiger partial charge in [0.2, 0.25) is 0 Å². The van der Waals surface area contributed by atoms with Crippen molar-refractivity contribution in [3.05, 3.63) is 23.9 Å². The lowest BCUT2D eigenvalue weighted by Gasteiger charge is -2.27. The second-order valence-corrected chi connectivity index (χ2v) is 6.06. The van der Waals surface area contributed by atoms with Gasteiger partial charge >= 0.3 is 0 Å². The van der Waals surface area contributed by atoms with Crippen molar-refractivity contribution in [1.29, 1.82) is 0 Å². The van der Waals surface area contributed by atoms with Crippen LogP contribution in [-0.4, -0.2) is 32.2 Å². The van der Waals surface area contributed by atoms with E-state index in [0.717, 1.165) is 18.9 Å². The van der Waals surface area contributed by atoms with E-state index in [1.165, 1.54) is 5.56 Å². The van der Waals surface area contributed by atoms with Gasteiger partial charge in [0.25, 0.3) is 0 Å². The lowest BCUT2D eigenvalue weighted by atomic mass is 9.78. The molecule has 0 spiro atoms. The second kappa shape index (κ2) is 6.19. The molecule has 1 aromatic heterocycles. The Kier molecular flexibility index (Phi) is 5.15. The summed E-state index contributed by atoms with van der Waals surface area (Å²) < 4.78 is 0. The third-order valence-corrected chi connectivity index (χ3v) is 3.66. The van der Waals surface area contributed by atoms with Gasteiger partial charge in [-0.3, -0.25) is 0 Å². The first kappa shape index (κ1) is 15.0. The average Bonchev–Trinajstić information content (AvgIpc) is 2.34. The van der Waals surface area contributed by atoms with Crippen molar-refractivity contribution in [2.45, 2.75) is 33.6 Å². The topological polar surface area (TPSA) is 28.2 Å². The van der Waals surface area contributed by atoms with Crippen LogP contribution in [0.25, 0.3) is 0 Å². The highest BCUT2D eigenvalue weighted by atomic mass is 15.2. The first-order chi connectivity index (χ1) is 8.36. The van der Waals surface area contributed by atoms with Gasteiger partial charge in [-0.2, -0.15) is 0 Å². The van der Waals surface area contributed by atoms with Gasteiger partial charge in [-0.15, -0.1) is 0 Å². The minimum atomic E-state index is 0.279. The van der Waals surface area contributed by atoms with Gasteiger partial charge in [-0.05, 0) is 30.0 Å². The number of nitrogens with zero attached hydrogens (tertiary/aromatic N) is 2. The third kappa shape index (κ3) is 3.98. The molecule has 0 amide bonds. The van der Waals surface area contributed by atoms with E-state index < -0.39 is 0 Å². The minimum absolute atomic E-state index is 0.279. The fraction of sp³-hybridized carbons (Fsp3) is 0.667. The van der Waals surface area contributed by atoms with Gasteiger partial charge in [0, 0.05) is 26.3 Å². The number of nitrogens with one attached hydrogen (secondary N) is 1. The number of hydrogen-bond acceptors (Lipinski definition) is 3. The van der Waals surface area contributed by atoms with Crippen LogP contribution >= 0.6 is 0 Å². The van der Waals surface area contributed by atoms with E-state index in [1.54, 1.807) is 0 Å².